The van der Waals surface area contributed by atoms with Gasteiger partial charge in [0, 0.05) is 5.56 Å². The molecule has 136 valence electrons. The Kier molecular flexibility index (Phi) is 5.09. The Morgan fingerprint density at radius 3 is 1.78 bits per heavy atom. The second-order valence-corrected chi connectivity index (χ2v) is 11.0. The van der Waals surface area contributed by atoms with Crippen LogP contribution in [0.4, 0.5) is 0 Å². The van der Waals surface area contributed by atoms with Crippen LogP contribution >= 0.6 is 7.26 Å². The van der Waals surface area contributed by atoms with Gasteiger partial charge in [-0.3, -0.25) is 0 Å². The van der Waals surface area contributed by atoms with E-state index < -0.39 is 7.26 Å². The highest BCUT2D eigenvalue weighted by Gasteiger charge is 2.43. The molecule has 0 aromatic heterocycles. The van der Waals surface area contributed by atoms with E-state index in [0.29, 0.717) is 0 Å². The third-order valence-electron chi connectivity index (χ3n) is 5.35. The van der Waals surface area contributed by atoms with Crippen molar-refractivity contribution in [2.24, 2.45) is 4.99 Å². The first-order chi connectivity index (χ1) is 13.2. The van der Waals surface area contributed by atoms with E-state index in [9.17, 15) is 0 Å². The Balaban J connectivity index is 1.69. The lowest BCUT2D eigenvalue weighted by Crippen LogP contribution is -2.32. The van der Waals surface area contributed by atoms with Gasteiger partial charge in [0.05, 0.1) is 30.7 Å². The van der Waals surface area contributed by atoms with E-state index in [2.05, 4.69) is 86.4 Å². The van der Waals surface area contributed by atoms with Crippen molar-refractivity contribution in [3.05, 3.63) is 96.6 Å². The molecule has 0 fully saturated rings. The first-order valence-electron chi connectivity index (χ1n) is 9.43. The molecule has 2 nitrogen and oxygen atoms in total. The van der Waals surface area contributed by atoms with E-state index in [1.807, 2.05) is 18.2 Å². The zero-order valence-electron chi connectivity index (χ0n) is 15.8. The standard InChI is InChI=1S/C24H25NOP/c1-19-23(25-24(26-19)20-12-6-3-7-13-20)18-27(2,21-14-8-4-9-15-21)22-16-10-5-11-17-22/h3-17,19,23H,18H2,1-2H3/q+1. The summed E-state index contributed by atoms with van der Waals surface area (Å²) in [5.41, 5.74) is 1.06. The molecule has 1 heterocycles. The SMILES string of the molecule is CC1OC(c2ccccc2)=NC1C[P+](C)(c1ccccc1)c1ccccc1. The van der Waals surface area contributed by atoms with Gasteiger partial charge >= 0.3 is 0 Å². The minimum atomic E-state index is -1.57. The van der Waals surface area contributed by atoms with Gasteiger partial charge in [-0.25, -0.2) is 4.99 Å². The fourth-order valence-electron chi connectivity index (χ4n) is 3.70. The molecule has 0 saturated carbocycles. The lowest BCUT2D eigenvalue weighted by atomic mass is 10.2. The fraction of sp³-hybridized carbons (Fsp3) is 0.208. The normalized spacial score (nSPS) is 19.4. The number of benzene rings is 3. The van der Waals surface area contributed by atoms with E-state index >= 15 is 0 Å². The van der Waals surface area contributed by atoms with E-state index in [1.165, 1.54) is 10.6 Å². The number of nitrogens with zero attached hydrogens (tertiary/aromatic N) is 1. The highest BCUT2D eigenvalue weighted by Crippen LogP contribution is 2.54. The minimum Gasteiger partial charge on any atom is -0.472 e. The molecule has 0 N–H and O–H groups in total. The molecule has 0 radical (unpaired) electrons. The first kappa shape index (κ1) is 17.9. The maximum atomic E-state index is 6.15. The van der Waals surface area contributed by atoms with Gasteiger partial charge in [-0.05, 0) is 43.3 Å². The summed E-state index contributed by atoms with van der Waals surface area (Å²) in [6, 6.07) is 32.2. The van der Waals surface area contributed by atoms with E-state index in [4.69, 9.17) is 9.73 Å². The van der Waals surface area contributed by atoms with Crippen LogP contribution in [0.15, 0.2) is 96.0 Å². The van der Waals surface area contributed by atoms with Gasteiger partial charge < -0.3 is 4.74 Å². The van der Waals surface area contributed by atoms with Gasteiger partial charge in [0.15, 0.2) is 0 Å². The Labute approximate surface area is 162 Å². The molecule has 0 bridgehead atoms. The summed E-state index contributed by atoms with van der Waals surface area (Å²) in [4.78, 5) is 5.00. The Hall–Kier alpha value is -2.44. The molecular weight excluding hydrogens is 349 g/mol. The fourth-order valence-corrected chi connectivity index (χ4v) is 7.21. The maximum absolute atomic E-state index is 6.15. The Morgan fingerprint density at radius 2 is 1.26 bits per heavy atom. The molecule has 1 aliphatic rings. The van der Waals surface area contributed by atoms with Crippen molar-refractivity contribution in [3.8, 4) is 0 Å². The molecule has 3 aromatic rings. The zero-order valence-corrected chi connectivity index (χ0v) is 16.7. The van der Waals surface area contributed by atoms with E-state index in [1.54, 1.807) is 0 Å². The molecule has 0 amide bonds. The molecular formula is C24H25NOP+. The molecule has 2 unspecified atom stereocenters. The lowest BCUT2D eigenvalue weighted by molar-refractivity contribution is 0.220. The van der Waals surface area contributed by atoms with Crippen molar-refractivity contribution < 1.29 is 4.74 Å². The van der Waals surface area contributed by atoms with Gasteiger partial charge in [-0.1, -0.05) is 54.6 Å². The number of aliphatic imine (C=N–C) groups is 1. The topological polar surface area (TPSA) is 21.6 Å². The number of ether oxygens (including phenoxy) is 1. The maximum Gasteiger partial charge on any atom is 0.216 e. The van der Waals surface area contributed by atoms with Gasteiger partial charge in [0.25, 0.3) is 0 Å². The third kappa shape index (κ3) is 3.68. The van der Waals surface area contributed by atoms with Gasteiger partial charge in [0.1, 0.15) is 12.1 Å². The molecule has 1 aliphatic heterocycles. The van der Waals surface area contributed by atoms with Crippen LogP contribution in [0.1, 0.15) is 12.5 Å². The van der Waals surface area contributed by atoms with E-state index in [-0.39, 0.29) is 12.1 Å². The van der Waals surface area contributed by atoms with Gasteiger partial charge in [0.2, 0.25) is 5.90 Å². The number of rotatable bonds is 5. The van der Waals surface area contributed by atoms with Crippen LogP contribution in [-0.4, -0.2) is 30.9 Å². The summed E-state index contributed by atoms with van der Waals surface area (Å²) in [5.74, 6) is 0.778. The second-order valence-electron chi connectivity index (χ2n) is 7.24. The van der Waals surface area contributed by atoms with Crippen LogP contribution < -0.4 is 10.6 Å². The number of hydrogen-bond acceptors (Lipinski definition) is 2. The summed E-state index contributed by atoms with van der Waals surface area (Å²) in [6.45, 7) is 4.57. The Bertz CT molecular complexity index is 869. The van der Waals surface area contributed by atoms with Gasteiger partial charge in [-0.2, -0.15) is 0 Å². The molecule has 4 rings (SSSR count). The lowest BCUT2D eigenvalue weighted by Gasteiger charge is -2.26. The summed E-state index contributed by atoms with van der Waals surface area (Å²) >= 11 is 0. The summed E-state index contributed by atoms with van der Waals surface area (Å²) in [7, 11) is -1.57. The average Bonchev–Trinajstić information content (AvgIpc) is 3.10. The van der Waals surface area contributed by atoms with Crippen LogP contribution in [0.3, 0.4) is 0 Å². The predicted molar refractivity (Wildman–Crippen MR) is 117 cm³/mol. The summed E-state index contributed by atoms with van der Waals surface area (Å²) in [5, 5.41) is 2.85. The van der Waals surface area contributed by atoms with Crippen LogP contribution in [0, 0.1) is 0 Å². The van der Waals surface area contributed by atoms with Crippen molar-refractivity contribution in [1.82, 2.24) is 0 Å². The molecule has 0 saturated heterocycles. The highest BCUT2D eigenvalue weighted by molar-refractivity contribution is 7.89. The smallest absolute Gasteiger partial charge is 0.216 e. The van der Waals surface area contributed by atoms with E-state index in [0.717, 1.165) is 17.6 Å². The molecule has 27 heavy (non-hydrogen) atoms. The quantitative estimate of drug-likeness (QED) is 0.602. The highest BCUT2D eigenvalue weighted by atomic mass is 31.2. The van der Waals surface area contributed by atoms with Crippen molar-refractivity contribution >= 4 is 23.8 Å². The van der Waals surface area contributed by atoms with Crippen molar-refractivity contribution in [2.75, 3.05) is 12.8 Å². The second kappa shape index (κ2) is 7.66. The molecule has 3 heteroatoms. The van der Waals surface area contributed by atoms with Crippen LogP contribution in [0.25, 0.3) is 0 Å². The van der Waals surface area contributed by atoms with Crippen LogP contribution in [-0.2, 0) is 4.74 Å². The Morgan fingerprint density at radius 1 is 0.778 bits per heavy atom. The minimum absolute atomic E-state index is 0.0898. The molecule has 3 aromatic carbocycles. The molecule has 0 aliphatic carbocycles. The number of hydrogen-bond donors (Lipinski definition) is 0. The predicted octanol–water partition coefficient (Wildman–Crippen LogP) is 4.52. The summed E-state index contributed by atoms with van der Waals surface area (Å²) in [6.07, 6.45) is 1.10. The van der Waals surface area contributed by atoms with Crippen molar-refractivity contribution in [2.45, 2.75) is 19.1 Å². The van der Waals surface area contributed by atoms with Crippen LogP contribution in [0.5, 0.6) is 0 Å². The first-order valence-corrected chi connectivity index (χ1v) is 11.9. The van der Waals surface area contributed by atoms with Gasteiger partial charge in [-0.15, -0.1) is 0 Å². The molecule has 2 atom stereocenters. The summed E-state index contributed by atoms with van der Waals surface area (Å²) < 4.78 is 6.15. The largest absolute Gasteiger partial charge is 0.472 e. The zero-order chi connectivity index (χ0) is 18.7. The van der Waals surface area contributed by atoms with Crippen LogP contribution in [0.2, 0.25) is 0 Å². The van der Waals surface area contributed by atoms with Crippen molar-refractivity contribution in [1.29, 1.82) is 0 Å². The molecule has 0 spiro atoms. The average molecular weight is 374 g/mol. The van der Waals surface area contributed by atoms with Crippen molar-refractivity contribution in [3.63, 3.8) is 0 Å². The monoisotopic (exact) mass is 374 g/mol. The third-order valence-corrected chi connectivity index (χ3v) is 9.33.